The van der Waals surface area contributed by atoms with Crippen molar-refractivity contribution < 1.29 is 9.53 Å². The number of carbonyl (C=O) groups is 1. The highest BCUT2D eigenvalue weighted by Crippen LogP contribution is 2.41. The van der Waals surface area contributed by atoms with Crippen LogP contribution >= 0.6 is 27.3 Å². The average Bonchev–Trinajstić information content (AvgIpc) is 3.07. The Morgan fingerprint density at radius 3 is 2.44 bits per heavy atom. The first kappa shape index (κ1) is 18.0. The molecule has 0 N–H and O–H groups in total. The van der Waals surface area contributed by atoms with Crippen molar-refractivity contribution in [2.75, 3.05) is 7.11 Å². The number of fused-ring (bicyclic) bond motifs is 1. The number of ether oxygens (including phenoxy) is 1. The molecule has 0 spiro atoms. The van der Waals surface area contributed by atoms with E-state index in [0.717, 1.165) is 47.4 Å². The number of hydrogen-bond acceptors (Lipinski definition) is 3. The van der Waals surface area contributed by atoms with Gasteiger partial charge in [-0.25, -0.2) is 0 Å². The number of halogens is 1. The molecule has 27 heavy (non-hydrogen) atoms. The lowest BCUT2D eigenvalue weighted by Crippen LogP contribution is -2.02. The zero-order valence-electron chi connectivity index (χ0n) is 15.0. The van der Waals surface area contributed by atoms with Crippen LogP contribution in [0, 0.1) is 6.92 Å². The average molecular weight is 437 g/mol. The highest BCUT2D eigenvalue weighted by molar-refractivity contribution is 9.10. The summed E-state index contributed by atoms with van der Waals surface area (Å²) in [5, 5.41) is 1.07. The standard InChI is InChI=1S/C23H17BrO2S/c1-14-5-3-4-6-18(14)22(25)23-21(15-7-9-16(24)10-8-15)19-12-11-17(26-2)13-20(19)27-23/h3-13H,1-2H3. The summed E-state index contributed by atoms with van der Waals surface area (Å²) < 4.78 is 7.43. The Kier molecular flexibility index (Phi) is 4.85. The van der Waals surface area contributed by atoms with Gasteiger partial charge < -0.3 is 4.74 Å². The monoisotopic (exact) mass is 436 g/mol. The zero-order valence-corrected chi connectivity index (χ0v) is 17.4. The number of carbonyl (C=O) groups excluding carboxylic acids is 1. The molecule has 0 bridgehead atoms. The van der Waals surface area contributed by atoms with Crippen LogP contribution in [-0.2, 0) is 0 Å². The number of thiophene rings is 1. The first-order valence-electron chi connectivity index (χ1n) is 8.55. The molecule has 4 aromatic rings. The van der Waals surface area contributed by atoms with E-state index >= 15 is 0 Å². The van der Waals surface area contributed by atoms with Gasteiger partial charge >= 0.3 is 0 Å². The molecule has 0 fully saturated rings. The fourth-order valence-electron chi connectivity index (χ4n) is 3.22. The van der Waals surface area contributed by atoms with Crippen molar-refractivity contribution in [2.45, 2.75) is 6.92 Å². The topological polar surface area (TPSA) is 26.3 Å². The Labute approximate surface area is 170 Å². The second-order valence-corrected chi connectivity index (χ2v) is 8.29. The van der Waals surface area contributed by atoms with Gasteiger partial charge in [0.25, 0.3) is 0 Å². The van der Waals surface area contributed by atoms with Crippen molar-refractivity contribution in [3.8, 4) is 16.9 Å². The molecule has 4 rings (SSSR count). The maximum Gasteiger partial charge on any atom is 0.203 e. The van der Waals surface area contributed by atoms with E-state index in [1.165, 1.54) is 11.3 Å². The minimum atomic E-state index is 0.0613. The lowest BCUT2D eigenvalue weighted by atomic mass is 9.96. The summed E-state index contributed by atoms with van der Waals surface area (Å²) in [6, 6.07) is 21.8. The van der Waals surface area contributed by atoms with Crippen LogP contribution in [0.5, 0.6) is 5.75 Å². The summed E-state index contributed by atoms with van der Waals surface area (Å²) in [5.41, 5.74) is 3.75. The third-order valence-electron chi connectivity index (χ3n) is 4.63. The maximum atomic E-state index is 13.4. The fraction of sp³-hybridized carbons (Fsp3) is 0.0870. The summed E-state index contributed by atoms with van der Waals surface area (Å²) in [6.45, 7) is 1.98. The molecule has 1 aromatic heterocycles. The first-order valence-corrected chi connectivity index (χ1v) is 10.2. The normalized spacial score (nSPS) is 10.9. The summed E-state index contributed by atoms with van der Waals surface area (Å²) in [7, 11) is 1.66. The van der Waals surface area contributed by atoms with Crippen molar-refractivity contribution in [3.05, 3.63) is 87.2 Å². The lowest BCUT2D eigenvalue weighted by Gasteiger charge is -2.07. The van der Waals surface area contributed by atoms with Crippen LogP contribution < -0.4 is 4.74 Å². The molecule has 0 saturated heterocycles. The number of benzene rings is 3. The molecule has 0 unspecified atom stereocenters. The molecular formula is C23H17BrO2S. The highest BCUT2D eigenvalue weighted by Gasteiger charge is 2.22. The quantitative estimate of drug-likeness (QED) is 0.326. The van der Waals surface area contributed by atoms with Gasteiger partial charge in [-0.1, -0.05) is 52.3 Å². The van der Waals surface area contributed by atoms with Crippen molar-refractivity contribution in [2.24, 2.45) is 0 Å². The molecule has 0 amide bonds. The Morgan fingerprint density at radius 2 is 1.74 bits per heavy atom. The summed E-state index contributed by atoms with van der Waals surface area (Å²) in [5.74, 6) is 0.854. The van der Waals surface area contributed by atoms with E-state index in [9.17, 15) is 4.79 Å². The molecule has 1 heterocycles. The van der Waals surface area contributed by atoms with Crippen molar-refractivity contribution in [3.63, 3.8) is 0 Å². The van der Waals surface area contributed by atoms with Gasteiger partial charge in [0.15, 0.2) is 0 Å². The van der Waals surface area contributed by atoms with Gasteiger partial charge in [0.2, 0.25) is 5.78 Å². The molecule has 0 radical (unpaired) electrons. The smallest absolute Gasteiger partial charge is 0.203 e. The van der Waals surface area contributed by atoms with Gasteiger partial charge in [-0.2, -0.15) is 0 Å². The van der Waals surface area contributed by atoms with E-state index in [2.05, 4.69) is 15.9 Å². The van der Waals surface area contributed by atoms with Gasteiger partial charge in [0, 0.05) is 25.7 Å². The predicted octanol–water partition coefficient (Wildman–Crippen LogP) is 6.88. The summed E-state index contributed by atoms with van der Waals surface area (Å²) in [4.78, 5) is 14.2. The largest absolute Gasteiger partial charge is 0.497 e. The van der Waals surface area contributed by atoms with Crippen LogP contribution in [0.1, 0.15) is 20.8 Å². The van der Waals surface area contributed by atoms with E-state index < -0.39 is 0 Å². The minimum absolute atomic E-state index is 0.0613. The van der Waals surface area contributed by atoms with Crippen molar-refractivity contribution in [1.82, 2.24) is 0 Å². The second-order valence-electron chi connectivity index (χ2n) is 6.32. The van der Waals surface area contributed by atoms with Crippen LogP contribution in [-0.4, -0.2) is 12.9 Å². The molecular weight excluding hydrogens is 420 g/mol. The Balaban J connectivity index is 1.98. The molecule has 0 atom stereocenters. The van der Waals surface area contributed by atoms with Gasteiger partial charge in [0.05, 0.1) is 12.0 Å². The SMILES string of the molecule is COc1ccc2c(-c3ccc(Br)cc3)c(C(=O)c3ccccc3C)sc2c1. The van der Waals surface area contributed by atoms with Crippen molar-refractivity contribution >= 4 is 43.1 Å². The van der Waals surface area contributed by atoms with Crippen LogP contribution in [0.4, 0.5) is 0 Å². The third-order valence-corrected chi connectivity index (χ3v) is 6.31. The van der Waals surface area contributed by atoms with Crippen LogP contribution in [0.2, 0.25) is 0 Å². The van der Waals surface area contributed by atoms with Gasteiger partial charge in [-0.05, 0) is 48.4 Å². The molecule has 2 nitrogen and oxygen atoms in total. The van der Waals surface area contributed by atoms with Gasteiger partial charge in [0.1, 0.15) is 5.75 Å². The molecule has 0 saturated carbocycles. The van der Waals surface area contributed by atoms with Crippen LogP contribution in [0.15, 0.2) is 71.2 Å². The molecule has 0 aliphatic rings. The van der Waals surface area contributed by atoms with E-state index in [0.29, 0.717) is 0 Å². The van der Waals surface area contributed by atoms with Crippen LogP contribution in [0.25, 0.3) is 21.2 Å². The predicted molar refractivity (Wildman–Crippen MR) is 116 cm³/mol. The third kappa shape index (κ3) is 3.31. The van der Waals surface area contributed by atoms with Gasteiger partial charge in [-0.15, -0.1) is 11.3 Å². The Bertz CT molecular complexity index is 1140. The number of methoxy groups -OCH3 is 1. The second kappa shape index (κ2) is 7.29. The number of ketones is 1. The van der Waals surface area contributed by atoms with E-state index in [4.69, 9.17) is 4.74 Å². The molecule has 0 aliphatic carbocycles. The first-order chi connectivity index (χ1) is 13.1. The van der Waals surface area contributed by atoms with E-state index in [-0.39, 0.29) is 5.78 Å². The maximum absolute atomic E-state index is 13.4. The van der Waals surface area contributed by atoms with Gasteiger partial charge in [-0.3, -0.25) is 4.79 Å². The fourth-order valence-corrected chi connectivity index (χ4v) is 4.69. The lowest BCUT2D eigenvalue weighted by molar-refractivity contribution is 0.104. The number of aryl methyl sites for hydroxylation is 1. The van der Waals surface area contributed by atoms with E-state index in [1.807, 2.05) is 73.7 Å². The summed E-state index contributed by atoms with van der Waals surface area (Å²) in [6.07, 6.45) is 0. The molecule has 4 heteroatoms. The molecule has 0 aliphatic heterocycles. The molecule has 3 aromatic carbocycles. The number of rotatable bonds is 4. The minimum Gasteiger partial charge on any atom is -0.497 e. The zero-order chi connectivity index (χ0) is 19.0. The Hall–Kier alpha value is -2.43. The molecule has 134 valence electrons. The summed E-state index contributed by atoms with van der Waals surface area (Å²) >= 11 is 5.01. The van der Waals surface area contributed by atoms with Crippen LogP contribution in [0.3, 0.4) is 0 Å². The Morgan fingerprint density at radius 1 is 1.00 bits per heavy atom. The highest BCUT2D eigenvalue weighted by atomic mass is 79.9. The van der Waals surface area contributed by atoms with E-state index in [1.54, 1.807) is 7.11 Å². The van der Waals surface area contributed by atoms with Crippen molar-refractivity contribution in [1.29, 1.82) is 0 Å². The number of hydrogen-bond donors (Lipinski definition) is 0.